The van der Waals surface area contributed by atoms with E-state index in [-0.39, 0.29) is 0 Å². The average molecular weight is 1080 g/mol. The van der Waals surface area contributed by atoms with Gasteiger partial charge >= 0.3 is 0 Å². The highest BCUT2D eigenvalue weighted by Gasteiger charge is 2.13. The van der Waals surface area contributed by atoms with Crippen LogP contribution in [-0.2, 0) is 25.7 Å². The van der Waals surface area contributed by atoms with E-state index in [0.717, 1.165) is 69.8 Å². The van der Waals surface area contributed by atoms with Crippen molar-refractivity contribution in [2.45, 2.75) is 167 Å². The summed E-state index contributed by atoms with van der Waals surface area (Å²) in [6, 6.07) is 69.1. The minimum Gasteiger partial charge on any atom is -0.248 e. The highest BCUT2D eigenvalue weighted by atomic mass is 14.7. The third-order valence-corrected chi connectivity index (χ3v) is 17.5. The van der Waals surface area contributed by atoms with Gasteiger partial charge in [-0.1, -0.05) is 261 Å². The molecule has 8 aromatic carbocycles. The lowest BCUT2D eigenvalue weighted by molar-refractivity contribution is 0.541. The molecule has 4 nitrogen and oxygen atoms in total. The number of aryl methyl sites for hydroxylation is 4. The summed E-state index contributed by atoms with van der Waals surface area (Å²) in [7, 11) is 0. The minimum absolute atomic E-state index is 1.12. The van der Waals surface area contributed by atoms with Crippen molar-refractivity contribution < 1.29 is 0 Å². The van der Waals surface area contributed by atoms with Crippen molar-refractivity contribution in [3.05, 3.63) is 216 Å². The molecule has 416 valence electrons. The Morgan fingerprint density at radius 2 is 0.268 bits per heavy atom. The zero-order valence-corrected chi connectivity index (χ0v) is 48.6. The molecule has 4 heteroatoms. The summed E-state index contributed by atoms with van der Waals surface area (Å²) in [4.78, 5) is 19.5. The van der Waals surface area contributed by atoms with E-state index in [4.69, 9.17) is 19.9 Å². The smallest absolute Gasteiger partial charge is 0.0712 e. The molecule has 0 aliphatic carbocycles. The van der Waals surface area contributed by atoms with Gasteiger partial charge in [0.15, 0.2) is 0 Å². The van der Waals surface area contributed by atoms with Crippen LogP contribution in [0.5, 0.6) is 0 Å². The number of unbranched alkanes of at least 4 members (excludes halogenated alkanes) is 20. The molecule has 0 fully saturated rings. The first-order valence-electron chi connectivity index (χ1n) is 31.8. The fraction of sp³-hybridized carbons (Fsp3) is 0.333. The van der Waals surface area contributed by atoms with Crippen LogP contribution < -0.4 is 0 Å². The van der Waals surface area contributed by atoms with Crippen LogP contribution in [0.25, 0.3) is 87.2 Å². The van der Waals surface area contributed by atoms with E-state index >= 15 is 0 Å². The van der Waals surface area contributed by atoms with Gasteiger partial charge in [-0.25, -0.2) is 19.9 Å². The summed E-state index contributed by atoms with van der Waals surface area (Å²) >= 11 is 0. The molecule has 0 bridgehead atoms. The van der Waals surface area contributed by atoms with Crippen molar-refractivity contribution >= 4 is 87.2 Å². The van der Waals surface area contributed by atoms with Crippen LogP contribution in [0.15, 0.2) is 194 Å². The summed E-state index contributed by atoms with van der Waals surface area (Å²) < 4.78 is 0. The maximum Gasteiger partial charge on any atom is 0.0712 e. The monoisotopic (exact) mass is 1080 g/mol. The van der Waals surface area contributed by atoms with Gasteiger partial charge in [0.05, 0.1) is 44.1 Å². The van der Waals surface area contributed by atoms with E-state index in [9.17, 15) is 0 Å². The third kappa shape index (κ3) is 14.4. The van der Waals surface area contributed by atoms with E-state index in [1.54, 1.807) is 0 Å². The summed E-state index contributed by atoms with van der Waals surface area (Å²) in [6.45, 7) is 0. The van der Waals surface area contributed by atoms with Crippen molar-refractivity contribution in [3.8, 4) is 0 Å². The van der Waals surface area contributed by atoms with Crippen molar-refractivity contribution in [2.75, 3.05) is 0 Å². The first-order chi connectivity index (χ1) is 40.8. The normalized spacial score (nSPS) is 11.7. The molecule has 12 rings (SSSR count). The SMILES string of the molecule is c1ccc2c(CCCCCCCCCCCCCCc3c4ccccc4nc4ccccc34)c3ccccc3nc2c1.c1ccc2c(CCCCCCCCCCCCc3c4ccccc4nc4ccccc34)c3ccccc3nc2c1. The number of fused-ring (bicyclic) bond motifs is 8. The van der Waals surface area contributed by atoms with Crippen LogP contribution in [0.3, 0.4) is 0 Å². The van der Waals surface area contributed by atoms with Crippen molar-refractivity contribution in [3.63, 3.8) is 0 Å². The van der Waals surface area contributed by atoms with Gasteiger partial charge in [-0.15, -0.1) is 0 Å². The number of aromatic nitrogens is 4. The molecule has 0 spiro atoms. The Labute approximate surface area is 487 Å². The summed E-state index contributed by atoms with van der Waals surface area (Å²) in [5.74, 6) is 0. The molecule has 0 aliphatic heterocycles. The Hall–Kier alpha value is -7.56. The van der Waals surface area contributed by atoms with Gasteiger partial charge in [0, 0.05) is 43.1 Å². The van der Waals surface area contributed by atoms with Crippen LogP contribution in [-0.4, -0.2) is 19.9 Å². The lowest BCUT2D eigenvalue weighted by Gasteiger charge is -2.11. The number of pyridine rings is 4. The van der Waals surface area contributed by atoms with E-state index in [0.29, 0.717) is 0 Å². The van der Waals surface area contributed by atoms with Crippen LogP contribution >= 0.6 is 0 Å². The largest absolute Gasteiger partial charge is 0.248 e. The summed E-state index contributed by atoms with van der Waals surface area (Å²) in [6.07, 6.45) is 34.2. The molecule has 0 atom stereocenters. The van der Waals surface area contributed by atoms with Gasteiger partial charge in [0.25, 0.3) is 0 Å². The number of nitrogens with zero attached hydrogens (tertiary/aromatic N) is 4. The van der Waals surface area contributed by atoms with Crippen molar-refractivity contribution in [1.29, 1.82) is 0 Å². The first kappa shape index (κ1) is 56.3. The summed E-state index contributed by atoms with van der Waals surface area (Å²) in [5, 5.41) is 10.6. The zero-order chi connectivity index (χ0) is 55.4. The molecule has 0 saturated carbocycles. The second-order valence-corrected chi connectivity index (χ2v) is 23.3. The molecule has 0 amide bonds. The Kier molecular flexibility index (Phi) is 20.2. The summed E-state index contributed by atoms with van der Waals surface area (Å²) in [5.41, 5.74) is 14.9. The molecular weight excluding hydrogens is 993 g/mol. The second-order valence-electron chi connectivity index (χ2n) is 23.3. The highest BCUT2D eigenvalue weighted by molar-refractivity contribution is 6.00. The third-order valence-electron chi connectivity index (χ3n) is 17.5. The van der Waals surface area contributed by atoms with Gasteiger partial charge in [0.2, 0.25) is 0 Å². The maximum absolute atomic E-state index is 4.88. The number of rotatable bonds is 28. The van der Waals surface area contributed by atoms with E-state index in [2.05, 4.69) is 194 Å². The molecule has 0 saturated heterocycles. The van der Waals surface area contributed by atoms with Crippen LogP contribution in [0.1, 0.15) is 164 Å². The maximum atomic E-state index is 4.88. The fourth-order valence-corrected chi connectivity index (χ4v) is 13.2. The topological polar surface area (TPSA) is 51.6 Å². The van der Waals surface area contributed by atoms with Gasteiger partial charge in [-0.3, -0.25) is 0 Å². The van der Waals surface area contributed by atoms with Gasteiger partial charge in [-0.05, 0) is 122 Å². The average Bonchev–Trinajstić information content (AvgIpc) is 3.52. The highest BCUT2D eigenvalue weighted by Crippen LogP contribution is 2.32. The zero-order valence-electron chi connectivity index (χ0n) is 48.6. The van der Waals surface area contributed by atoms with Gasteiger partial charge < -0.3 is 0 Å². The Balaban J connectivity index is 0.000000172. The molecular formula is C78H84N4. The Morgan fingerprint density at radius 3 is 0.415 bits per heavy atom. The predicted octanol–water partition coefficient (Wildman–Crippen LogP) is 22.3. The molecule has 0 N–H and O–H groups in total. The molecule has 4 heterocycles. The van der Waals surface area contributed by atoms with E-state index in [1.165, 1.54) is 207 Å². The van der Waals surface area contributed by atoms with E-state index < -0.39 is 0 Å². The first-order valence-corrected chi connectivity index (χ1v) is 31.8. The molecule has 12 aromatic rings. The molecule has 0 radical (unpaired) electrons. The number of para-hydroxylation sites is 8. The predicted molar refractivity (Wildman–Crippen MR) is 353 cm³/mol. The lowest BCUT2D eigenvalue weighted by Crippen LogP contribution is -1.94. The minimum atomic E-state index is 1.12. The van der Waals surface area contributed by atoms with Crippen LogP contribution in [0.4, 0.5) is 0 Å². The van der Waals surface area contributed by atoms with Gasteiger partial charge in [0.1, 0.15) is 0 Å². The number of hydrogen-bond acceptors (Lipinski definition) is 4. The molecule has 0 aliphatic rings. The van der Waals surface area contributed by atoms with Crippen molar-refractivity contribution in [2.24, 2.45) is 0 Å². The standard InChI is InChI=1S/C40H44N2.C38H40N2/c1(3-5-7-9-11-21-31-33-23-13-17-27-37(33)41-38-28-18-14-24-34(31)38)2-4-6-8-10-12-22-32-35-25-15-19-29-39(35)42-40-30-20-16-26-36(32)40;1(3-5-7-9-19-29-31-21-11-15-25-35(31)39-36-26-16-12-22-32(29)36)2-4-6-8-10-20-30-33-23-13-17-27-37(33)40-38-28-18-14-24-34(30)38/h13-20,23-30H,1-12,21-22H2;11-18,21-28H,1-10,19-20H2. The number of hydrogen-bond donors (Lipinski definition) is 0. The second kappa shape index (κ2) is 29.4. The lowest BCUT2D eigenvalue weighted by atomic mass is 9.96. The van der Waals surface area contributed by atoms with Crippen LogP contribution in [0.2, 0.25) is 0 Å². The quantitative estimate of drug-likeness (QED) is 0.0362. The Morgan fingerprint density at radius 1 is 0.146 bits per heavy atom. The fourth-order valence-electron chi connectivity index (χ4n) is 13.2. The Bertz CT molecular complexity index is 3510. The van der Waals surface area contributed by atoms with Gasteiger partial charge in [-0.2, -0.15) is 0 Å². The molecule has 4 aromatic heterocycles. The number of benzene rings is 8. The van der Waals surface area contributed by atoms with Crippen molar-refractivity contribution in [1.82, 2.24) is 19.9 Å². The molecule has 82 heavy (non-hydrogen) atoms. The molecule has 0 unspecified atom stereocenters. The van der Waals surface area contributed by atoms with Crippen LogP contribution in [0, 0.1) is 0 Å². The van der Waals surface area contributed by atoms with E-state index in [1.807, 2.05) is 0 Å².